The van der Waals surface area contributed by atoms with Crippen molar-refractivity contribution in [3.63, 3.8) is 0 Å². The summed E-state index contributed by atoms with van der Waals surface area (Å²) in [5, 5.41) is 9.00. The maximum absolute atomic E-state index is 13.0. The van der Waals surface area contributed by atoms with E-state index < -0.39 is 0 Å². The lowest BCUT2D eigenvalue weighted by molar-refractivity contribution is 0.0757. The molecule has 156 valence electrons. The first kappa shape index (κ1) is 20.0. The van der Waals surface area contributed by atoms with E-state index in [1.807, 2.05) is 36.1 Å². The van der Waals surface area contributed by atoms with Crippen LogP contribution >= 0.6 is 0 Å². The molecule has 0 bridgehead atoms. The number of ether oxygens (including phenoxy) is 1. The summed E-state index contributed by atoms with van der Waals surface area (Å²) in [6.07, 6.45) is 4.36. The fourth-order valence-corrected chi connectivity index (χ4v) is 4.34. The Morgan fingerprint density at radius 2 is 1.93 bits per heavy atom. The second kappa shape index (κ2) is 9.05. The van der Waals surface area contributed by atoms with Crippen molar-refractivity contribution in [2.45, 2.75) is 51.8 Å². The molecule has 2 aliphatic rings. The summed E-state index contributed by atoms with van der Waals surface area (Å²) in [5.74, 6) is 2.15. The molecule has 3 heterocycles. The van der Waals surface area contributed by atoms with E-state index in [9.17, 15) is 4.79 Å². The van der Waals surface area contributed by atoms with Gasteiger partial charge in [-0.1, -0.05) is 18.6 Å². The molecule has 0 radical (unpaired) electrons. The summed E-state index contributed by atoms with van der Waals surface area (Å²) in [6, 6.07) is 8.11. The minimum Gasteiger partial charge on any atom is -0.377 e. The van der Waals surface area contributed by atoms with Crippen molar-refractivity contribution in [3.05, 3.63) is 47.0 Å². The number of hydrogen-bond acceptors (Lipinski definition) is 5. The molecule has 0 N–H and O–H groups in total. The van der Waals surface area contributed by atoms with Gasteiger partial charge in [0.1, 0.15) is 11.6 Å². The predicted molar refractivity (Wildman–Crippen MR) is 111 cm³/mol. The summed E-state index contributed by atoms with van der Waals surface area (Å²) in [6.45, 7) is 6.49. The zero-order valence-electron chi connectivity index (χ0n) is 17.5. The first-order valence-corrected chi connectivity index (χ1v) is 10.8. The number of rotatable bonds is 5. The molecule has 29 heavy (non-hydrogen) atoms. The maximum Gasteiger partial charge on any atom is 0.253 e. The lowest BCUT2D eigenvalue weighted by Gasteiger charge is -2.32. The number of nitrogens with zero attached hydrogens (tertiary/aromatic N) is 5. The Hall–Kier alpha value is -2.25. The summed E-state index contributed by atoms with van der Waals surface area (Å²) < 4.78 is 7.69. The number of aromatic nitrogens is 3. The highest BCUT2D eigenvalue weighted by Crippen LogP contribution is 2.29. The van der Waals surface area contributed by atoms with Crippen LogP contribution in [0.25, 0.3) is 0 Å². The third-order valence-electron chi connectivity index (χ3n) is 6.08. The van der Waals surface area contributed by atoms with E-state index in [-0.39, 0.29) is 5.91 Å². The van der Waals surface area contributed by atoms with Gasteiger partial charge in [-0.25, -0.2) is 0 Å². The lowest BCUT2D eigenvalue weighted by atomic mass is 10.0. The molecule has 1 fully saturated rings. The third-order valence-corrected chi connectivity index (χ3v) is 6.08. The predicted octanol–water partition coefficient (Wildman–Crippen LogP) is 2.67. The van der Waals surface area contributed by atoms with Gasteiger partial charge in [-0.3, -0.25) is 9.69 Å². The zero-order chi connectivity index (χ0) is 20.2. The minimum atomic E-state index is 0.0861. The van der Waals surface area contributed by atoms with Gasteiger partial charge in [0.25, 0.3) is 5.91 Å². The second-order valence-corrected chi connectivity index (χ2v) is 7.99. The molecule has 0 spiro atoms. The van der Waals surface area contributed by atoms with Crippen molar-refractivity contribution in [1.29, 1.82) is 0 Å². The largest absolute Gasteiger partial charge is 0.377 e. The zero-order valence-corrected chi connectivity index (χ0v) is 17.5. The average Bonchev–Trinajstić information content (AvgIpc) is 3.03. The van der Waals surface area contributed by atoms with Crippen LogP contribution < -0.4 is 0 Å². The smallest absolute Gasteiger partial charge is 0.253 e. The van der Waals surface area contributed by atoms with Gasteiger partial charge in [0.15, 0.2) is 0 Å². The first-order valence-electron chi connectivity index (χ1n) is 10.8. The van der Waals surface area contributed by atoms with E-state index in [4.69, 9.17) is 4.74 Å². The molecule has 1 aromatic carbocycles. The van der Waals surface area contributed by atoms with Gasteiger partial charge in [0.2, 0.25) is 0 Å². The molecule has 1 unspecified atom stereocenters. The number of fused-ring (bicyclic) bond motifs is 1. The fourth-order valence-electron chi connectivity index (χ4n) is 4.34. The highest BCUT2D eigenvalue weighted by molar-refractivity contribution is 5.94. The van der Waals surface area contributed by atoms with Crippen molar-refractivity contribution in [3.8, 4) is 0 Å². The van der Waals surface area contributed by atoms with Crippen molar-refractivity contribution in [1.82, 2.24) is 24.6 Å². The van der Waals surface area contributed by atoms with E-state index >= 15 is 0 Å². The monoisotopic (exact) mass is 397 g/mol. The van der Waals surface area contributed by atoms with Crippen LogP contribution in [0.15, 0.2) is 24.3 Å². The number of benzene rings is 1. The molecule has 2 aliphatic heterocycles. The van der Waals surface area contributed by atoms with E-state index in [2.05, 4.69) is 26.7 Å². The van der Waals surface area contributed by atoms with Crippen LogP contribution in [0.4, 0.5) is 0 Å². The fraction of sp³-hybridized carbons (Fsp3) is 0.591. The SMILES string of the molecule is CCOCc1ccc(C(=O)N2CCc3nnc(C4CCCCN4C)n3CC2)cc1. The van der Waals surface area contributed by atoms with Crippen LogP contribution in [0.1, 0.15) is 59.8 Å². The van der Waals surface area contributed by atoms with E-state index in [1.54, 1.807) is 0 Å². The maximum atomic E-state index is 13.0. The number of carbonyl (C=O) groups excluding carboxylic acids is 1. The molecule has 4 rings (SSSR count). The Morgan fingerprint density at radius 1 is 1.10 bits per heavy atom. The number of hydrogen-bond donors (Lipinski definition) is 0. The molecule has 7 heteroatoms. The topological polar surface area (TPSA) is 63.5 Å². The second-order valence-electron chi connectivity index (χ2n) is 7.99. The molecule has 0 saturated carbocycles. The first-order chi connectivity index (χ1) is 14.2. The van der Waals surface area contributed by atoms with Gasteiger partial charge in [-0.15, -0.1) is 10.2 Å². The molecule has 1 saturated heterocycles. The molecule has 1 amide bonds. The quantitative estimate of drug-likeness (QED) is 0.776. The lowest BCUT2D eigenvalue weighted by Crippen LogP contribution is -2.34. The van der Waals surface area contributed by atoms with Gasteiger partial charge in [0.05, 0.1) is 12.6 Å². The highest BCUT2D eigenvalue weighted by Gasteiger charge is 2.29. The van der Waals surface area contributed by atoms with Crippen LogP contribution in [0, 0.1) is 0 Å². The highest BCUT2D eigenvalue weighted by atomic mass is 16.5. The van der Waals surface area contributed by atoms with Crippen molar-refractivity contribution >= 4 is 5.91 Å². The van der Waals surface area contributed by atoms with Gasteiger partial charge in [0, 0.05) is 38.2 Å². The van der Waals surface area contributed by atoms with Crippen LogP contribution in [0.3, 0.4) is 0 Å². The molecular weight excluding hydrogens is 366 g/mol. The average molecular weight is 398 g/mol. The van der Waals surface area contributed by atoms with Gasteiger partial charge in [-0.2, -0.15) is 0 Å². The number of carbonyl (C=O) groups is 1. The normalized spacial score (nSPS) is 20.3. The Kier molecular flexibility index (Phi) is 6.25. The van der Waals surface area contributed by atoms with Gasteiger partial charge < -0.3 is 14.2 Å². The van der Waals surface area contributed by atoms with E-state index in [0.717, 1.165) is 48.7 Å². The summed E-state index contributed by atoms with van der Waals surface area (Å²) in [5.41, 5.74) is 1.82. The van der Waals surface area contributed by atoms with Crippen LogP contribution in [0.5, 0.6) is 0 Å². The van der Waals surface area contributed by atoms with E-state index in [0.29, 0.717) is 32.3 Å². The molecule has 7 nitrogen and oxygen atoms in total. The van der Waals surface area contributed by atoms with Crippen LogP contribution in [0.2, 0.25) is 0 Å². The van der Waals surface area contributed by atoms with Crippen LogP contribution in [-0.4, -0.2) is 63.8 Å². The van der Waals surface area contributed by atoms with E-state index in [1.165, 1.54) is 12.8 Å². The Bertz CT molecular complexity index is 832. The Morgan fingerprint density at radius 3 is 2.69 bits per heavy atom. The number of piperidine rings is 1. The standard InChI is InChI=1S/C22H31N5O2/c1-3-29-16-17-7-9-18(10-8-17)22(28)26-13-11-20-23-24-21(27(20)15-14-26)19-6-4-5-12-25(19)2/h7-10,19H,3-6,11-16H2,1-2H3. The molecule has 1 aromatic heterocycles. The molecule has 1 atom stereocenters. The van der Waals surface area contributed by atoms with Crippen LogP contribution in [-0.2, 0) is 24.3 Å². The summed E-state index contributed by atoms with van der Waals surface area (Å²) >= 11 is 0. The van der Waals surface area contributed by atoms with Gasteiger partial charge >= 0.3 is 0 Å². The van der Waals surface area contributed by atoms with Crippen molar-refractivity contribution in [2.24, 2.45) is 0 Å². The minimum absolute atomic E-state index is 0.0861. The molecular formula is C22H31N5O2. The summed E-state index contributed by atoms with van der Waals surface area (Å²) in [4.78, 5) is 17.4. The molecule has 0 aliphatic carbocycles. The summed E-state index contributed by atoms with van der Waals surface area (Å²) in [7, 11) is 2.17. The van der Waals surface area contributed by atoms with Gasteiger partial charge in [-0.05, 0) is 51.1 Å². The third kappa shape index (κ3) is 4.36. The molecule has 2 aromatic rings. The Balaban J connectivity index is 1.44. The number of amides is 1. The van der Waals surface area contributed by atoms with Crippen molar-refractivity contribution in [2.75, 3.05) is 33.3 Å². The van der Waals surface area contributed by atoms with Crippen molar-refractivity contribution < 1.29 is 9.53 Å². The Labute approximate surface area is 172 Å². The number of likely N-dealkylation sites (tertiary alicyclic amines) is 1.